The molecule has 0 spiro atoms. The van der Waals surface area contributed by atoms with Gasteiger partial charge in [-0.1, -0.05) is 12.1 Å². The molecule has 2 N–H and O–H groups in total. The maximum absolute atomic E-state index is 12.9. The van der Waals surface area contributed by atoms with E-state index in [4.69, 9.17) is 0 Å². The average molecular weight is 453 g/mol. The number of hydrogen-bond acceptors (Lipinski definition) is 5. The molecular weight excluding hydrogens is 432 g/mol. The smallest absolute Gasteiger partial charge is 0.267 e. The summed E-state index contributed by atoms with van der Waals surface area (Å²) in [5.74, 6) is 0.320. The van der Waals surface area contributed by atoms with Crippen molar-refractivity contribution in [3.8, 4) is 11.4 Å². The number of H-pyrrole nitrogens is 1. The predicted molar refractivity (Wildman–Crippen MR) is 122 cm³/mol. The first-order valence-corrected chi connectivity index (χ1v) is 12.3. The fourth-order valence-electron chi connectivity index (χ4n) is 3.72. The van der Waals surface area contributed by atoms with E-state index in [1.54, 1.807) is 17.5 Å². The van der Waals surface area contributed by atoms with Crippen LogP contribution in [0, 0.1) is 0 Å². The Morgan fingerprint density at radius 3 is 2.52 bits per heavy atom. The summed E-state index contributed by atoms with van der Waals surface area (Å²) in [6, 6.07) is 16.6. The van der Waals surface area contributed by atoms with Crippen molar-refractivity contribution in [3.63, 3.8) is 0 Å². The number of nitrogens with zero attached hydrogens (tertiary/aromatic N) is 2. The summed E-state index contributed by atoms with van der Waals surface area (Å²) < 4.78 is 27.2. The van der Waals surface area contributed by atoms with E-state index >= 15 is 0 Å². The number of amides is 1. The van der Waals surface area contributed by atoms with Crippen molar-refractivity contribution < 1.29 is 13.2 Å². The normalized spacial score (nSPS) is 14.8. The van der Waals surface area contributed by atoms with Crippen LogP contribution in [0.4, 0.5) is 5.69 Å². The van der Waals surface area contributed by atoms with Crippen molar-refractivity contribution in [1.82, 2.24) is 14.3 Å². The highest BCUT2D eigenvalue weighted by Gasteiger charge is 2.31. The summed E-state index contributed by atoms with van der Waals surface area (Å²) in [4.78, 5) is 21.0. The second-order valence-electron chi connectivity index (χ2n) is 7.36. The summed E-state index contributed by atoms with van der Waals surface area (Å²) in [5, 5.41) is 4.45. The number of benzene rings is 2. The van der Waals surface area contributed by atoms with Crippen LogP contribution in [-0.2, 0) is 10.0 Å². The number of nitrogens with one attached hydrogen (secondary N) is 2. The van der Waals surface area contributed by atoms with Crippen LogP contribution in [0.15, 0.2) is 64.9 Å². The molecule has 0 aliphatic carbocycles. The second-order valence-corrected chi connectivity index (χ2v) is 10.2. The van der Waals surface area contributed by atoms with Crippen LogP contribution in [0.3, 0.4) is 0 Å². The van der Waals surface area contributed by atoms with Crippen molar-refractivity contribution in [1.29, 1.82) is 0 Å². The van der Waals surface area contributed by atoms with Crippen LogP contribution in [0.2, 0.25) is 0 Å². The highest BCUT2D eigenvalue weighted by Crippen LogP contribution is 2.29. The highest BCUT2D eigenvalue weighted by molar-refractivity contribution is 7.89. The van der Waals surface area contributed by atoms with Crippen molar-refractivity contribution in [2.45, 2.75) is 17.7 Å². The molecule has 9 heteroatoms. The number of aromatic nitrogens is 2. The minimum Gasteiger partial charge on any atom is -0.338 e. The fourth-order valence-corrected chi connectivity index (χ4v) is 6.54. The number of imidazole rings is 1. The number of fused-ring (bicyclic) bond motifs is 1. The molecule has 7 nitrogen and oxygen atoms in total. The first-order valence-electron chi connectivity index (χ1n) is 9.96. The first kappa shape index (κ1) is 19.9. The zero-order chi connectivity index (χ0) is 21.4. The maximum Gasteiger partial charge on any atom is 0.267 e. The highest BCUT2D eigenvalue weighted by atomic mass is 32.2. The van der Waals surface area contributed by atoms with Gasteiger partial charge in [0, 0.05) is 24.3 Å². The van der Waals surface area contributed by atoms with Crippen molar-refractivity contribution in [2.24, 2.45) is 0 Å². The molecule has 158 valence electrons. The van der Waals surface area contributed by atoms with Crippen molar-refractivity contribution >= 4 is 44.0 Å². The zero-order valence-corrected chi connectivity index (χ0v) is 18.2. The Morgan fingerprint density at radius 2 is 1.77 bits per heavy atom. The summed E-state index contributed by atoms with van der Waals surface area (Å²) in [7, 11) is -3.65. The molecule has 2 aromatic heterocycles. The quantitative estimate of drug-likeness (QED) is 0.471. The van der Waals surface area contributed by atoms with Gasteiger partial charge in [-0.2, -0.15) is 4.31 Å². The van der Waals surface area contributed by atoms with Crippen LogP contribution in [-0.4, -0.2) is 41.7 Å². The van der Waals surface area contributed by atoms with E-state index in [9.17, 15) is 13.2 Å². The summed E-state index contributed by atoms with van der Waals surface area (Å²) in [6.07, 6.45) is 1.70. The van der Waals surface area contributed by atoms with Gasteiger partial charge in [0.25, 0.3) is 5.91 Å². The number of sulfonamides is 1. The van der Waals surface area contributed by atoms with E-state index in [-0.39, 0.29) is 9.77 Å². The van der Waals surface area contributed by atoms with Gasteiger partial charge in [0.1, 0.15) is 15.6 Å². The third-order valence-electron chi connectivity index (χ3n) is 5.32. The first-order chi connectivity index (χ1) is 15.0. The molecule has 0 saturated carbocycles. The molecule has 2 aromatic carbocycles. The Hall–Kier alpha value is -3.01. The molecule has 1 aliphatic rings. The zero-order valence-electron chi connectivity index (χ0n) is 16.5. The molecule has 1 fully saturated rings. The van der Waals surface area contributed by atoms with Gasteiger partial charge >= 0.3 is 0 Å². The van der Waals surface area contributed by atoms with Crippen molar-refractivity contribution in [2.75, 3.05) is 18.4 Å². The van der Waals surface area contributed by atoms with E-state index in [1.807, 2.05) is 36.4 Å². The molecule has 3 heterocycles. The van der Waals surface area contributed by atoms with Gasteiger partial charge in [0.05, 0.1) is 11.0 Å². The Labute approximate surface area is 183 Å². The van der Waals surface area contributed by atoms with Gasteiger partial charge in [0.2, 0.25) is 10.0 Å². The van der Waals surface area contributed by atoms with Gasteiger partial charge in [0.15, 0.2) is 0 Å². The molecule has 0 unspecified atom stereocenters. The molecule has 1 saturated heterocycles. The van der Waals surface area contributed by atoms with Crippen LogP contribution < -0.4 is 5.32 Å². The Kier molecular flexibility index (Phi) is 5.09. The SMILES string of the molecule is O=C(Nc1ccc(-c2nc3ccccc3[nH]2)cc1)c1sccc1S(=O)(=O)N1CCCC1. The number of para-hydroxylation sites is 2. The number of anilines is 1. The lowest BCUT2D eigenvalue weighted by molar-refractivity contribution is 0.102. The molecular formula is C22H20N4O3S2. The number of carbonyl (C=O) groups is 1. The number of hydrogen-bond donors (Lipinski definition) is 2. The van der Waals surface area contributed by atoms with Crippen LogP contribution >= 0.6 is 11.3 Å². The van der Waals surface area contributed by atoms with Gasteiger partial charge in [-0.05, 0) is 60.7 Å². The second kappa shape index (κ2) is 7.92. The number of thiophene rings is 1. The molecule has 0 bridgehead atoms. The van der Waals surface area contributed by atoms with Gasteiger partial charge in [-0.3, -0.25) is 4.79 Å². The lowest BCUT2D eigenvalue weighted by atomic mass is 10.2. The Morgan fingerprint density at radius 1 is 1.03 bits per heavy atom. The van der Waals surface area contributed by atoms with E-state index in [2.05, 4.69) is 15.3 Å². The molecule has 1 aliphatic heterocycles. The number of rotatable bonds is 5. The topological polar surface area (TPSA) is 95.2 Å². The van der Waals surface area contributed by atoms with Gasteiger partial charge in [-0.15, -0.1) is 11.3 Å². The summed E-state index contributed by atoms with van der Waals surface area (Å²) in [5.41, 5.74) is 3.32. The third-order valence-corrected chi connectivity index (χ3v) is 8.31. The minimum absolute atomic E-state index is 0.0794. The molecule has 5 rings (SSSR count). The van der Waals surface area contributed by atoms with E-state index in [1.165, 1.54) is 10.4 Å². The predicted octanol–water partition coefficient (Wildman–Crippen LogP) is 4.33. The lowest BCUT2D eigenvalue weighted by Crippen LogP contribution is -2.29. The molecule has 1 amide bonds. The minimum atomic E-state index is -3.65. The van der Waals surface area contributed by atoms with Crippen LogP contribution in [0.1, 0.15) is 22.5 Å². The molecule has 4 aromatic rings. The van der Waals surface area contributed by atoms with E-state index in [0.29, 0.717) is 18.8 Å². The van der Waals surface area contributed by atoms with Gasteiger partial charge in [-0.25, -0.2) is 13.4 Å². The Balaban J connectivity index is 1.35. The number of carbonyl (C=O) groups excluding carboxylic acids is 1. The maximum atomic E-state index is 12.9. The fraction of sp³-hybridized carbons (Fsp3) is 0.182. The summed E-state index contributed by atoms with van der Waals surface area (Å²) in [6.45, 7) is 1.00. The third kappa shape index (κ3) is 3.76. The van der Waals surface area contributed by atoms with Gasteiger partial charge < -0.3 is 10.3 Å². The van der Waals surface area contributed by atoms with Crippen LogP contribution in [0.5, 0.6) is 0 Å². The van der Waals surface area contributed by atoms with E-state index < -0.39 is 15.9 Å². The average Bonchev–Trinajstić information content (AvgIpc) is 3.54. The monoisotopic (exact) mass is 452 g/mol. The van der Waals surface area contributed by atoms with Crippen molar-refractivity contribution in [3.05, 3.63) is 64.9 Å². The molecule has 0 radical (unpaired) electrons. The number of aromatic amines is 1. The lowest BCUT2D eigenvalue weighted by Gasteiger charge is -2.15. The standard InChI is InChI=1S/C22H20N4O3S2/c27-22(20-19(11-14-30-20)31(28,29)26-12-3-4-13-26)23-16-9-7-15(8-10-16)21-24-17-5-1-2-6-18(17)25-21/h1-2,5-11,14H,3-4,12-13H2,(H,23,27)(H,24,25). The molecule has 31 heavy (non-hydrogen) atoms. The molecule has 0 atom stereocenters. The largest absolute Gasteiger partial charge is 0.338 e. The Bertz CT molecular complexity index is 1320. The summed E-state index contributed by atoms with van der Waals surface area (Å²) >= 11 is 1.13. The van der Waals surface area contributed by atoms with E-state index in [0.717, 1.165) is 46.6 Å². The van der Waals surface area contributed by atoms with Crippen LogP contribution in [0.25, 0.3) is 22.4 Å².